The van der Waals surface area contributed by atoms with E-state index in [1.807, 2.05) is 12.1 Å². The second kappa shape index (κ2) is 10.8. The first-order chi connectivity index (χ1) is 18.0. The van der Waals surface area contributed by atoms with Gasteiger partial charge < -0.3 is 30.3 Å². The van der Waals surface area contributed by atoms with Gasteiger partial charge >= 0.3 is 0 Å². The van der Waals surface area contributed by atoms with Gasteiger partial charge in [-0.25, -0.2) is 9.97 Å². The molecule has 0 radical (unpaired) electrons. The fraction of sp³-hybridized carbons (Fsp3) is 0.333. The number of rotatable bonds is 8. The van der Waals surface area contributed by atoms with E-state index in [4.69, 9.17) is 14.5 Å². The molecule has 1 saturated heterocycles. The van der Waals surface area contributed by atoms with E-state index >= 15 is 0 Å². The van der Waals surface area contributed by atoms with Crippen LogP contribution in [0.25, 0.3) is 11.3 Å². The van der Waals surface area contributed by atoms with Crippen LogP contribution in [0.2, 0.25) is 0 Å². The van der Waals surface area contributed by atoms with Crippen molar-refractivity contribution in [1.29, 1.82) is 0 Å². The zero-order chi connectivity index (χ0) is 25.8. The molecule has 0 atom stereocenters. The van der Waals surface area contributed by atoms with Crippen molar-refractivity contribution in [1.82, 2.24) is 20.2 Å². The molecule has 1 aromatic heterocycles. The van der Waals surface area contributed by atoms with Crippen molar-refractivity contribution < 1.29 is 19.1 Å². The van der Waals surface area contributed by atoms with Crippen molar-refractivity contribution in [2.24, 2.45) is 0 Å². The van der Waals surface area contributed by atoms with Crippen LogP contribution in [0, 0.1) is 0 Å². The highest BCUT2D eigenvalue weighted by Crippen LogP contribution is 2.35. The summed E-state index contributed by atoms with van der Waals surface area (Å²) in [5.74, 6) is 1.21. The van der Waals surface area contributed by atoms with E-state index in [1.54, 1.807) is 44.7 Å². The minimum absolute atomic E-state index is 0.137. The van der Waals surface area contributed by atoms with Gasteiger partial charge in [-0.2, -0.15) is 0 Å². The fourth-order valence-electron chi connectivity index (χ4n) is 4.67. The lowest BCUT2D eigenvalue weighted by atomic mass is 10.0. The second-order valence-corrected chi connectivity index (χ2v) is 9.05. The number of fused-ring (bicyclic) bond motifs is 3. The van der Waals surface area contributed by atoms with Gasteiger partial charge in [-0.15, -0.1) is 0 Å². The highest BCUT2D eigenvalue weighted by Gasteiger charge is 2.23. The summed E-state index contributed by atoms with van der Waals surface area (Å²) in [5.41, 5.74) is 3.83. The summed E-state index contributed by atoms with van der Waals surface area (Å²) in [6, 6.07) is 10.7. The number of benzene rings is 2. The van der Waals surface area contributed by atoms with E-state index in [2.05, 4.69) is 25.8 Å². The molecule has 5 rings (SSSR count). The number of nitrogens with zero attached hydrogens (tertiary/aromatic N) is 3. The minimum atomic E-state index is -0.184. The Morgan fingerprint density at radius 2 is 1.89 bits per heavy atom. The predicted molar refractivity (Wildman–Crippen MR) is 141 cm³/mol. The first-order valence-corrected chi connectivity index (χ1v) is 12.3. The first-order valence-electron chi connectivity index (χ1n) is 12.3. The molecule has 3 aromatic rings. The number of ether oxygens (including phenoxy) is 2. The smallest absolute Gasteiger partial charge is 0.251 e. The molecule has 0 saturated carbocycles. The van der Waals surface area contributed by atoms with Gasteiger partial charge in [-0.05, 0) is 56.3 Å². The maximum Gasteiger partial charge on any atom is 0.251 e. The van der Waals surface area contributed by atoms with Crippen LogP contribution in [0.1, 0.15) is 28.8 Å². The van der Waals surface area contributed by atoms with Crippen LogP contribution in [0.3, 0.4) is 0 Å². The monoisotopic (exact) mass is 502 g/mol. The third kappa shape index (κ3) is 5.49. The molecule has 3 N–H and O–H groups in total. The molecule has 0 bridgehead atoms. The van der Waals surface area contributed by atoms with Crippen molar-refractivity contribution in [3.63, 3.8) is 0 Å². The van der Waals surface area contributed by atoms with Crippen LogP contribution in [-0.4, -0.2) is 67.1 Å². The Bertz CT molecular complexity index is 1320. The van der Waals surface area contributed by atoms with Crippen molar-refractivity contribution in [3.05, 3.63) is 53.7 Å². The quantitative estimate of drug-likeness (QED) is 0.430. The van der Waals surface area contributed by atoms with Crippen LogP contribution < -0.4 is 25.4 Å². The highest BCUT2D eigenvalue weighted by atomic mass is 16.5. The van der Waals surface area contributed by atoms with Crippen molar-refractivity contribution >= 4 is 29.1 Å². The van der Waals surface area contributed by atoms with Crippen molar-refractivity contribution in [2.45, 2.75) is 19.3 Å². The topological polar surface area (TPSA) is 118 Å². The molecule has 0 spiro atoms. The number of hydrogen-bond acceptors (Lipinski definition) is 8. The molecule has 37 heavy (non-hydrogen) atoms. The molecule has 0 unspecified atom stereocenters. The lowest BCUT2D eigenvalue weighted by molar-refractivity contribution is -0.115. The van der Waals surface area contributed by atoms with Gasteiger partial charge in [0.2, 0.25) is 11.9 Å². The predicted octanol–water partition coefficient (Wildman–Crippen LogP) is 3.22. The number of carbonyl (C=O) groups is 2. The van der Waals surface area contributed by atoms with Gasteiger partial charge in [-0.3, -0.25) is 9.59 Å². The highest BCUT2D eigenvalue weighted by molar-refractivity contribution is 6.03. The van der Waals surface area contributed by atoms with E-state index in [1.165, 1.54) is 12.8 Å². The van der Waals surface area contributed by atoms with Crippen molar-refractivity contribution in [2.75, 3.05) is 51.0 Å². The SMILES string of the molecule is COc1ccc(Nc2ncc3c(n2)-c2ccc(C(=O)NCCN4CCCC4)cc2NC(=O)C3)cc1OC. The first kappa shape index (κ1) is 24.5. The summed E-state index contributed by atoms with van der Waals surface area (Å²) in [5, 5.41) is 9.09. The van der Waals surface area contributed by atoms with Gasteiger partial charge in [0.1, 0.15) is 0 Å². The molecule has 0 aliphatic carbocycles. The maximum atomic E-state index is 12.8. The van der Waals surface area contributed by atoms with Gasteiger partial charge in [0.15, 0.2) is 11.5 Å². The molecule has 2 aromatic carbocycles. The lowest BCUT2D eigenvalue weighted by Gasteiger charge is -2.15. The number of nitrogens with one attached hydrogen (secondary N) is 3. The average Bonchev–Trinajstić information content (AvgIpc) is 3.38. The standard InChI is InChI=1S/C27H30N6O4/c1-36-22-8-6-19(15-23(22)37-2)30-27-29-16-18-14-24(34)31-21-13-17(5-7-20(21)25(18)32-27)26(35)28-9-12-33-10-3-4-11-33/h5-8,13,15-16H,3-4,9-12,14H2,1-2H3,(H,28,35)(H,31,34)(H,29,30,32). The van der Waals surface area contributed by atoms with Gasteiger partial charge in [0, 0.05) is 47.7 Å². The molecule has 1 fully saturated rings. The summed E-state index contributed by atoms with van der Waals surface area (Å²) in [6.07, 6.45) is 4.22. The zero-order valence-corrected chi connectivity index (χ0v) is 21.0. The van der Waals surface area contributed by atoms with Gasteiger partial charge in [-0.1, -0.05) is 0 Å². The van der Waals surface area contributed by atoms with Crippen LogP contribution in [0.15, 0.2) is 42.6 Å². The molecule has 3 heterocycles. The maximum absolute atomic E-state index is 12.8. The summed E-state index contributed by atoms with van der Waals surface area (Å²) < 4.78 is 10.7. The van der Waals surface area contributed by atoms with E-state index in [-0.39, 0.29) is 18.2 Å². The molecule has 10 nitrogen and oxygen atoms in total. The number of aromatic nitrogens is 2. The van der Waals surface area contributed by atoms with Gasteiger partial charge in [0.05, 0.1) is 32.0 Å². The summed E-state index contributed by atoms with van der Waals surface area (Å²) in [6.45, 7) is 3.60. The largest absolute Gasteiger partial charge is 0.493 e. The van der Waals surface area contributed by atoms with Crippen molar-refractivity contribution in [3.8, 4) is 22.8 Å². The number of carbonyl (C=O) groups excluding carboxylic acids is 2. The Kier molecular flexibility index (Phi) is 7.18. The third-order valence-corrected chi connectivity index (χ3v) is 6.58. The molecule has 2 aliphatic heterocycles. The molecular weight excluding hydrogens is 472 g/mol. The fourth-order valence-corrected chi connectivity index (χ4v) is 4.67. The average molecular weight is 503 g/mol. The zero-order valence-electron chi connectivity index (χ0n) is 21.0. The number of hydrogen-bond donors (Lipinski definition) is 3. The summed E-state index contributed by atoms with van der Waals surface area (Å²) in [7, 11) is 3.15. The normalized spacial score (nSPS) is 14.7. The van der Waals surface area contributed by atoms with E-state index in [9.17, 15) is 9.59 Å². The Morgan fingerprint density at radius 3 is 2.68 bits per heavy atom. The molecule has 2 amide bonds. The third-order valence-electron chi connectivity index (χ3n) is 6.58. The van der Waals surface area contributed by atoms with Gasteiger partial charge in [0.25, 0.3) is 5.91 Å². The number of amides is 2. The van der Waals surface area contributed by atoms with E-state index in [0.29, 0.717) is 46.5 Å². The minimum Gasteiger partial charge on any atom is -0.493 e. The van der Waals surface area contributed by atoms with Crippen LogP contribution in [0.5, 0.6) is 11.5 Å². The lowest BCUT2D eigenvalue weighted by Crippen LogP contribution is -2.33. The number of anilines is 3. The Balaban J connectivity index is 1.37. The second-order valence-electron chi connectivity index (χ2n) is 9.05. The van der Waals surface area contributed by atoms with Crippen LogP contribution >= 0.6 is 0 Å². The van der Waals surface area contributed by atoms with Crippen LogP contribution in [-0.2, 0) is 11.2 Å². The Hall–Kier alpha value is -4.18. The molecule has 2 aliphatic rings. The molecule has 192 valence electrons. The van der Waals surface area contributed by atoms with Crippen LogP contribution in [0.4, 0.5) is 17.3 Å². The number of likely N-dealkylation sites (tertiary alicyclic amines) is 1. The Morgan fingerprint density at radius 1 is 1.08 bits per heavy atom. The summed E-state index contributed by atoms with van der Waals surface area (Å²) in [4.78, 5) is 36.8. The molecular formula is C27H30N6O4. The molecule has 10 heteroatoms. The number of methoxy groups -OCH3 is 2. The van der Waals surface area contributed by atoms with E-state index < -0.39 is 0 Å². The van der Waals surface area contributed by atoms with E-state index in [0.717, 1.165) is 30.9 Å². The summed E-state index contributed by atoms with van der Waals surface area (Å²) >= 11 is 0. The Labute approximate surface area is 215 Å².